The second kappa shape index (κ2) is 10.2. The highest BCUT2D eigenvalue weighted by Gasteiger charge is 2.27. The largest absolute Gasteiger partial charge is 0.508 e. The van der Waals surface area contributed by atoms with Crippen molar-refractivity contribution in [1.82, 2.24) is 19.7 Å². The Morgan fingerprint density at radius 2 is 1.91 bits per heavy atom. The van der Waals surface area contributed by atoms with Gasteiger partial charge in [0.1, 0.15) is 11.4 Å². The number of hydrogen-bond acceptors (Lipinski definition) is 4. The molecule has 1 aromatic heterocycles. The number of benzene rings is 2. The number of phenolic OH excluding ortho intramolecular Hbond substituents is 1. The molecule has 1 amide bonds. The Kier molecular flexibility index (Phi) is 6.88. The van der Waals surface area contributed by atoms with Gasteiger partial charge in [0.2, 0.25) is 0 Å². The van der Waals surface area contributed by atoms with Crippen LogP contribution in [0.5, 0.6) is 5.75 Å². The summed E-state index contributed by atoms with van der Waals surface area (Å²) >= 11 is 0. The lowest BCUT2D eigenvalue weighted by Gasteiger charge is -2.38. The van der Waals surface area contributed by atoms with Crippen molar-refractivity contribution in [2.45, 2.75) is 38.6 Å². The molecular weight excluding hydrogens is 424 g/mol. The lowest BCUT2D eigenvalue weighted by atomic mass is 9.87. The normalized spacial score (nSPS) is 19.0. The quantitative estimate of drug-likeness (QED) is 0.561. The molecule has 1 saturated heterocycles. The van der Waals surface area contributed by atoms with Crippen molar-refractivity contribution in [3.8, 4) is 5.75 Å². The minimum atomic E-state index is 0.104. The van der Waals surface area contributed by atoms with Crippen molar-refractivity contribution >= 4 is 16.8 Å². The minimum absolute atomic E-state index is 0.104. The smallest absolute Gasteiger partial charge is 0.270 e. The number of hydrogen-bond donors (Lipinski definition) is 2. The van der Waals surface area contributed by atoms with Crippen LogP contribution in [0.3, 0.4) is 0 Å². The van der Waals surface area contributed by atoms with Gasteiger partial charge >= 0.3 is 0 Å². The molecule has 0 saturated carbocycles. The molecule has 6 nitrogen and oxygen atoms in total. The number of para-hydroxylation sites is 1. The van der Waals surface area contributed by atoms with Crippen LogP contribution >= 0.6 is 0 Å². The van der Waals surface area contributed by atoms with E-state index in [1.54, 1.807) is 0 Å². The third-order valence-corrected chi connectivity index (χ3v) is 7.58. The van der Waals surface area contributed by atoms with Gasteiger partial charge in [-0.1, -0.05) is 37.3 Å². The zero-order valence-electron chi connectivity index (χ0n) is 20.2. The SMILES string of the molecule is CCCN(CCN1CCN(C(=O)c2cc3ccccc3[nH]2)CC1)[C@@H]1CCc2c(O)cccc2C1. The topological polar surface area (TPSA) is 62.8 Å². The summed E-state index contributed by atoms with van der Waals surface area (Å²) in [6, 6.07) is 16.5. The Morgan fingerprint density at radius 1 is 1.09 bits per heavy atom. The number of aromatic nitrogens is 1. The highest BCUT2D eigenvalue weighted by molar-refractivity contribution is 5.98. The van der Waals surface area contributed by atoms with Gasteiger partial charge in [-0.15, -0.1) is 0 Å². The second-order valence-electron chi connectivity index (χ2n) is 9.75. The van der Waals surface area contributed by atoms with E-state index in [-0.39, 0.29) is 5.91 Å². The lowest BCUT2D eigenvalue weighted by Crippen LogP contribution is -2.51. The Bertz CT molecular complexity index is 1100. The molecule has 0 radical (unpaired) electrons. The van der Waals surface area contributed by atoms with E-state index < -0.39 is 0 Å². The molecule has 0 spiro atoms. The summed E-state index contributed by atoms with van der Waals surface area (Å²) in [6.07, 6.45) is 4.24. The predicted molar refractivity (Wildman–Crippen MR) is 136 cm³/mol. The van der Waals surface area contributed by atoms with Crippen LogP contribution in [0.25, 0.3) is 10.9 Å². The van der Waals surface area contributed by atoms with Gasteiger partial charge in [0.15, 0.2) is 0 Å². The lowest BCUT2D eigenvalue weighted by molar-refractivity contribution is 0.0604. The molecule has 1 fully saturated rings. The van der Waals surface area contributed by atoms with E-state index in [0.717, 1.165) is 88.0 Å². The second-order valence-corrected chi connectivity index (χ2v) is 9.75. The standard InChI is InChI=1S/C28H36N4O2/c1-2-12-31(23-10-11-24-21(19-23)7-5-9-27(24)33)16-13-30-14-17-32(18-15-30)28(34)26-20-22-6-3-4-8-25(22)29-26/h3-9,20,23,29,33H,2,10-19H2,1H3/t23-/m1/s1. The van der Waals surface area contributed by atoms with Crippen LogP contribution in [0.2, 0.25) is 0 Å². The van der Waals surface area contributed by atoms with E-state index in [1.807, 2.05) is 47.4 Å². The average Bonchev–Trinajstić information content (AvgIpc) is 3.31. The maximum Gasteiger partial charge on any atom is 0.270 e. The van der Waals surface area contributed by atoms with Gasteiger partial charge in [-0.05, 0) is 61.6 Å². The summed E-state index contributed by atoms with van der Waals surface area (Å²) in [4.78, 5) is 23.4. The molecule has 2 N–H and O–H groups in total. The maximum absolute atomic E-state index is 13.0. The fourth-order valence-electron chi connectivity index (χ4n) is 5.65. The number of nitrogens with zero attached hydrogens (tertiary/aromatic N) is 3. The number of piperazine rings is 1. The highest BCUT2D eigenvalue weighted by Crippen LogP contribution is 2.30. The fraction of sp³-hybridized carbons (Fsp3) is 0.464. The number of phenols is 1. The van der Waals surface area contributed by atoms with Gasteiger partial charge in [-0.3, -0.25) is 14.6 Å². The summed E-state index contributed by atoms with van der Waals surface area (Å²) in [5.74, 6) is 0.561. The van der Waals surface area contributed by atoms with Crippen molar-refractivity contribution in [1.29, 1.82) is 0 Å². The number of nitrogens with one attached hydrogen (secondary N) is 1. The van der Waals surface area contributed by atoms with E-state index in [9.17, 15) is 9.90 Å². The molecule has 1 atom stereocenters. The van der Waals surface area contributed by atoms with Crippen LogP contribution in [0.1, 0.15) is 41.4 Å². The number of aromatic amines is 1. The minimum Gasteiger partial charge on any atom is -0.508 e. The molecule has 180 valence electrons. The molecule has 5 rings (SSSR count). The van der Waals surface area contributed by atoms with Crippen LogP contribution in [0.15, 0.2) is 48.5 Å². The fourth-order valence-corrected chi connectivity index (χ4v) is 5.65. The first kappa shape index (κ1) is 22.9. The number of fused-ring (bicyclic) bond motifs is 2. The number of aromatic hydroxyl groups is 1. The Hall–Kier alpha value is -2.83. The van der Waals surface area contributed by atoms with Gasteiger partial charge in [0, 0.05) is 56.2 Å². The molecule has 3 aromatic rings. The molecule has 34 heavy (non-hydrogen) atoms. The Balaban J connectivity index is 1.14. The predicted octanol–water partition coefficient (Wildman–Crippen LogP) is 3.90. The van der Waals surface area contributed by atoms with Gasteiger partial charge in [-0.2, -0.15) is 0 Å². The van der Waals surface area contributed by atoms with Crippen LogP contribution in [0, 0.1) is 0 Å². The van der Waals surface area contributed by atoms with E-state index in [1.165, 1.54) is 5.56 Å². The van der Waals surface area contributed by atoms with E-state index in [4.69, 9.17) is 0 Å². The number of H-pyrrole nitrogens is 1. The zero-order chi connectivity index (χ0) is 23.5. The van der Waals surface area contributed by atoms with Crippen LogP contribution in [-0.2, 0) is 12.8 Å². The Labute approximate surface area is 202 Å². The first-order valence-electron chi connectivity index (χ1n) is 12.8. The molecule has 2 heterocycles. The Morgan fingerprint density at radius 3 is 2.71 bits per heavy atom. The molecule has 1 aliphatic carbocycles. The number of amides is 1. The molecule has 2 aromatic carbocycles. The molecular formula is C28H36N4O2. The van der Waals surface area contributed by atoms with E-state index >= 15 is 0 Å². The van der Waals surface area contributed by atoms with Crippen molar-refractivity contribution in [2.75, 3.05) is 45.8 Å². The van der Waals surface area contributed by atoms with Crippen molar-refractivity contribution in [2.24, 2.45) is 0 Å². The number of rotatable bonds is 7. The van der Waals surface area contributed by atoms with E-state index in [0.29, 0.717) is 17.5 Å². The third kappa shape index (κ3) is 4.84. The van der Waals surface area contributed by atoms with Gasteiger partial charge in [0.25, 0.3) is 5.91 Å². The average molecular weight is 461 g/mol. The molecule has 1 aliphatic heterocycles. The monoisotopic (exact) mass is 460 g/mol. The van der Waals surface area contributed by atoms with Crippen LogP contribution in [-0.4, -0.2) is 82.6 Å². The van der Waals surface area contributed by atoms with Crippen molar-refractivity contribution in [3.05, 3.63) is 65.4 Å². The summed E-state index contributed by atoms with van der Waals surface area (Å²) in [7, 11) is 0. The molecule has 2 aliphatic rings. The van der Waals surface area contributed by atoms with E-state index in [2.05, 4.69) is 27.8 Å². The maximum atomic E-state index is 13.0. The van der Waals surface area contributed by atoms with Crippen LogP contribution in [0.4, 0.5) is 0 Å². The highest BCUT2D eigenvalue weighted by atomic mass is 16.3. The first-order valence-corrected chi connectivity index (χ1v) is 12.8. The van der Waals surface area contributed by atoms with Gasteiger partial charge in [0.05, 0.1) is 0 Å². The van der Waals surface area contributed by atoms with Crippen molar-refractivity contribution in [3.63, 3.8) is 0 Å². The third-order valence-electron chi connectivity index (χ3n) is 7.58. The van der Waals surface area contributed by atoms with Crippen LogP contribution < -0.4 is 0 Å². The first-order chi connectivity index (χ1) is 16.6. The molecule has 0 bridgehead atoms. The molecule has 0 unspecified atom stereocenters. The number of carbonyl (C=O) groups is 1. The number of carbonyl (C=O) groups excluding carboxylic acids is 1. The van der Waals surface area contributed by atoms with Gasteiger partial charge in [-0.25, -0.2) is 0 Å². The summed E-state index contributed by atoms with van der Waals surface area (Å²) in [6.45, 7) is 8.86. The van der Waals surface area contributed by atoms with Crippen molar-refractivity contribution < 1.29 is 9.90 Å². The summed E-state index contributed by atoms with van der Waals surface area (Å²) in [5, 5.41) is 11.3. The van der Waals surface area contributed by atoms with Gasteiger partial charge < -0.3 is 15.0 Å². The molecule has 6 heteroatoms. The zero-order valence-corrected chi connectivity index (χ0v) is 20.2. The summed E-state index contributed by atoms with van der Waals surface area (Å²) < 4.78 is 0. The summed E-state index contributed by atoms with van der Waals surface area (Å²) in [5.41, 5.74) is 4.15.